The van der Waals surface area contributed by atoms with E-state index in [1.54, 1.807) is 12.2 Å². The number of halogens is 2. The van der Waals surface area contributed by atoms with Crippen LogP contribution in [0.15, 0.2) is 36.1 Å². The minimum atomic E-state index is -2.87. The second kappa shape index (κ2) is 6.17. The molecule has 0 aromatic carbocycles. The lowest BCUT2D eigenvalue weighted by molar-refractivity contribution is -0.0167. The fraction of sp³-hybridized carbons (Fsp3) is 0.600. The van der Waals surface area contributed by atoms with Gasteiger partial charge in [-0.3, -0.25) is 0 Å². The van der Waals surface area contributed by atoms with Gasteiger partial charge < -0.3 is 4.74 Å². The van der Waals surface area contributed by atoms with E-state index in [0.29, 0.717) is 11.7 Å². The molecule has 0 radical (unpaired) electrons. The number of hydrogen-bond donors (Lipinski definition) is 0. The Bertz CT molecular complexity index is 350. The van der Waals surface area contributed by atoms with Crippen molar-refractivity contribution in [3.05, 3.63) is 36.1 Å². The van der Waals surface area contributed by atoms with Gasteiger partial charge >= 0.3 is 0 Å². The molecule has 0 aromatic heterocycles. The van der Waals surface area contributed by atoms with Crippen LogP contribution in [0, 0.1) is 5.92 Å². The summed E-state index contributed by atoms with van der Waals surface area (Å²) in [6.07, 6.45) is 14.5. The van der Waals surface area contributed by atoms with Crippen molar-refractivity contribution < 1.29 is 13.5 Å². The third-order valence-electron chi connectivity index (χ3n) is 3.40. The monoisotopic (exact) mass is 254 g/mol. The van der Waals surface area contributed by atoms with E-state index in [4.69, 9.17) is 4.74 Å². The van der Waals surface area contributed by atoms with Crippen LogP contribution in [0.2, 0.25) is 0 Å². The van der Waals surface area contributed by atoms with E-state index >= 15 is 0 Å². The Morgan fingerprint density at radius 3 is 2.72 bits per heavy atom. The lowest BCUT2D eigenvalue weighted by Crippen LogP contribution is -2.20. The van der Waals surface area contributed by atoms with Crippen LogP contribution in [-0.2, 0) is 4.74 Å². The number of alkyl halides is 2. The standard InChI is InChI=1S/C15H20F2O/c16-15(17,11-10-13-6-4-5-7-13)12-18-14-8-2-1-3-9-14/h2,8-11,13H,1,3-7,12H2/b11-10+. The number of hydrogen-bond acceptors (Lipinski definition) is 1. The highest BCUT2D eigenvalue weighted by molar-refractivity contribution is 5.16. The maximum Gasteiger partial charge on any atom is 0.299 e. The first kappa shape index (κ1) is 13.3. The molecule has 0 aromatic rings. The van der Waals surface area contributed by atoms with E-state index in [-0.39, 0.29) is 0 Å². The first-order valence-electron chi connectivity index (χ1n) is 6.72. The molecule has 0 amide bonds. The van der Waals surface area contributed by atoms with E-state index in [2.05, 4.69) is 0 Å². The maximum absolute atomic E-state index is 13.6. The zero-order chi connectivity index (χ0) is 12.8. The van der Waals surface area contributed by atoms with Gasteiger partial charge in [0.15, 0.2) is 6.61 Å². The summed E-state index contributed by atoms with van der Waals surface area (Å²) in [6.45, 7) is -0.563. The molecule has 0 spiro atoms. The molecular weight excluding hydrogens is 234 g/mol. The molecule has 2 aliphatic carbocycles. The topological polar surface area (TPSA) is 9.23 Å². The lowest BCUT2D eigenvalue weighted by atomic mass is 10.1. The van der Waals surface area contributed by atoms with Crippen LogP contribution in [-0.4, -0.2) is 12.5 Å². The van der Waals surface area contributed by atoms with Crippen molar-refractivity contribution in [2.24, 2.45) is 5.92 Å². The smallest absolute Gasteiger partial charge is 0.299 e. The van der Waals surface area contributed by atoms with Crippen molar-refractivity contribution in [2.75, 3.05) is 6.61 Å². The predicted molar refractivity (Wildman–Crippen MR) is 68.5 cm³/mol. The Balaban J connectivity index is 1.78. The van der Waals surface area contributed by atoms with Crippen molar-refractivity contribution in [2.45, 2.75) is 44.4 Å². The number of allylic oxidation sites excluding steroid dienone is 4. The SMILES string of the molecule is FC(F)(/C=C/C1CCCC1)COC1=CCCC=C1. The van der Waals surface area contributed by atoms with E-state index in [1.165, 1.54) is 0 Å². The summed E-state index contributed by atoms with van der Waals surface area (Å²) in [6, 6.07) is 0. The summed E-state index contributed by atoms with van der Waals surface area (Å²) < 4.78 is 32.3. The summed E-state index contributed by atoms with van der Waals surface area (Å²) in [5.74, 6) is -1.96. The minimum absolute atomic E-state index is 0.338. The quantitative estimate of drug-likeness (QED) is 0.650. The summed E-state index contributed by atoms with van der Waals surface area (Å²) in [7, 11) is 0. The molecule has 1 nitrogen and oxygen atoms in total. The first-order valence-corrected chi connectivity index (χ1v) is 6.72. The van der Waals surface area contributed by atoms with E-state index in [1.807, 2.05) is 12.2 Å². The van der Waals surface area contributed by atoms with Crippen LogP contribution < -0.4 is 0 Å². The van der Waals surface area contributed by atoms with Crippen molar-refractivity contribution in [3.8, 4) is 0 Å². The van der Waals surface area contributed by atoms with Crippen LogP contribution in [0.3, 0.4) is 0 Å². The van der Waals surface area contributed by atoms with Gasteiger partial charge in [-0.2, -0.15) is 8.78 Å². The third kappa shape index (κ3) is 4.28. The predicted octanol–water partition coefficient (Wildman–Crippen LogP) is 4.62. The second-order valence-corrected chi connectivity index (χ2v) is 5.04. The fourth-order valence-corrected chi connectivity index (χ4v) is 2.35. The molecule has 0 N–H and O–H groups in total. The Labute approximate surface area is 107 Å². The zero-order valence-corrected chi connectivity index (χ0v) is 10.6. The zero-order valence-electron chi connectivity index (χ0n) is 10.6. The van der Waals surface area contributed by atoms with Gasteiger partial charge in [0.1, 0.15) is 5.76 Å². The average molecular weight is 254 g/mol. The molecule has 1 fully saturated rings. The molecule has 0 heterocycles. The minimum Gasteiger partial charge on any atom is -0.487 e. The van der Waals surface area contributed by atoms with Crippen LogP contribution in [0.5, 0.6) is 0 Å². The Kier molecular flexibility index (Phi) is 4.56. The van der Waals surface area contributed by atoms with Gasteiger partial charge in [-0.05, 0) is 49.8 Å². The van der Waals surface area contributed by atoms with Crippen LogP contribution >= 0.6 is 0 Å². The molecule has 3 heteroatoms. The fourth-order valence-electron chi connectivity index (χ4n) is 2.35. The number of rotatable bonds is 5. The van der Waals surface area contributed by atoms with Gasteiger partial charge in [-0.25, -0.2) is 0 Å². The van der Waals surface area contributed by atoms with Crippen LogP contribution in [0.1, 0.15) is 38.5 Å². The summed E-state index contributed by atoms with van der Waals surface area (Å²) >= 11 is 0. The van der Waals surface area contributed by atoms with Crippen molar-refractivity contribution in [3.63, 3.8) is 0 Å². The molecule has 18 heavy (non-hydrogen) atoms. The Hall–Kier alpha value is -1.12. The highest BCUT2D eigenvalue weighted by Crippen LogP contribution is 2.28. The molecule has 0 aliphatic heterocycles. The molecular formula is C15H20F2O. The van der Waals surface area contributed by atoms with Gasteiger partial charge in [0.2, 0.25) is 0 Å². The second-order valence-electron chi connectivity index (χ2n) is 5.04. The molecule has 100 valence electrons. The molecule has 0 unspecified atom stereocenters. The molecule has 2 rings (SSSR count). The normalized spacial score (nSPS) is 21.6. The van der Waals surface area contributed by atoms with E-state index in [0.717, 1.165) is 44.6 Å². The molecule has 2 aliphatic rings. The molecule has 0 atom stereocenters. The Morgan fingerprint density at radius 2 is 2.06 bits per heavy atom. The maximum atomic E-state index is 13.6. The summed E-state index contributed by atoms with van der Waals surface area (Å²) in [4.78, 5) is 0. The highest BCUT2D eigenvalue weighted by Gasteiger charge is 2.27. The van der Waals surface area contributed by atoms with Crippen LogP contribution in [0.4, 0.5) is 8.78 Å². The lowest BCUT2D eigenvalue weighted by Gasteiger charge is -2.15. The third-order valence-corrected chi connectivity index (χ3v) is 3.40. The van der Waals surface area contributed by atoms with Crippen molar-refractivity contribution in [1.82, 2.24) is 0 Å². The molecule has 1 saturated carbocycles. The Morgan fingerprint density at radius 1 is 1.28 bits per heavy atom. The molecule has 0 bridgehead atoms. The summed E-state index contributed by atoms with van der Waals surface area (Å²) in [5.41, 5.74) is 0. The highest BCUT2D eigenvalue weighted by atomic mass is 19.3. The van der Waals surface area contributed by atoms with Gasteiger partial charge in [0.05, 0.1) is 0 Å². The van der Waals surface area contributed by atoms with Gasteiger partial charge in [-0.15, -0.1) is 0 Å². The van der Waals surface area contributed by atoms with Gasteiger partial charge in [-0.1, -0.05) is 25.0 Å². The molecule has 0 saturated heterocycles. The summed E-state index contributed by atoms with van der Waals surface area (Å²) in [5, 5.41) is 0. The van der Waals surface area contributed by atoms with E-state index < -0.39 is 12.5 Å². The first-order chi connectivity index (χ1) is 8.66. The van der Waals surface area contributed by atoms with Crippen molar-refractivity contribution in [1.29, 1.82) is 0 Å². The van der Waals surface area contributed by atoms with Crippen molar-refractivity contribution >= 4 is 0 Å². The largest absolute Gasteiger partial charge is 0.487 e. The van der Waals surface area contributed by atoms with Gasteiger partial charge in [0.25, 0.3) is 5.92 Å². The average Bonchev–Trinajstić information content (AvgIpc) is 2.89. The van der Waals surface area contributed by atoms with Gasteiger partial charge in [0, 0.05) is 0 Å². The van der Waals surface area contributed by atoms with Crippen LogP contribution in [0.25, 0.3) is 0 Å². The van der Waals surface area contributed by atoms with E-state index in [9.17, 15) is 8.78 Å². The number of ether oxygens (including phenoxy) is 1.